The van der Waals surface area contributed by atoms with E-state index in [4.69, 9.17) is 9.47 Å². The van der Waals surface area contributed by atoms with Crippen molar-refractivity contribution in [3.05, 3.63) is 58.6 Å². The van der Waals surface area contributed by atoms with Gasteiger partial charge in [-0.3, -0.25) is 4.79 Å². The van der Waals surface area contributed by atoms with E-state index in [2.05, 4.69) is 21.2 Å². The molecule has 0 spiro atoms. The molecule has 0 fully saturated rings. The third-order valence-electron chi connectivity index (χ3n) is 2.89. The Labute approximate surface area is 137 Å². The number of methoxy groups -OCH3 is 2. The van der Waals surface area contributed by atoms with Crippen molar-refractivity contribution >= 4 is 33.6 Å². The molecular formula is C17H16BrNO3. The molecular weight excluding hydrogens is 346 g/mol. The van der Waals surface area contributed by atoms with Gasteiger partial charge >= 0.3 is 0 Å². The van der Waals surface area contributed by atoms with E-state index >= 15 is 0 Å². The van der Waals surface area contributed by atoms with E-state index in [-0.39, 0.29) is 5.91 Å². The second-order valence-electron chi connectivity index (χ2n) is 4.48. The van der Waals surface area contributed by atoms with Gasteiger partial charge in [-0.25, -0.2) is 0 Å². The number of carbonyl (C=O) groups is 1. The fourth-order valence-corrected chi connectivity index (χ4v) is 2.25. The van der Waals surface area contributed by atoms with Crippen molar-refractivity contribution in [2.24, 2.45) is 0 Å². The molecule has 0 atom stereocenters. The van der Waals surface area contributed by atoms with Gasteiger partial charge in [0, 0.05) is 22.3 Å². The highest BCUT2D eigenvalue weighted by atomic mass is 79.9. The lowest BCUT2D eigenvalue weighted by molar-refractivity contribution is -0.111. The molecule has 0 heterocycles. The van der Waals surface area contributed by atoms with Crippen LogP contribution in [0.15, 0.2) is 53.0 Å². The molecule has 0 aliphatic carbocycles. The molecule has 0 unspecified atom stereocenters. The van der Waals surface area contributed by atoms with Gasteiger partial charge in [0.05, 0.1) is 14.2 Å². The van der Waals surface area contributed by atoms with Crippen molar-refractivity contribution in [1.82, 2.24) is 0 Å². The zero-order chi connectivity index (χ0) is 15.9. The summed E-state index contributed by atoms with van der Waals surface area (Å²) in [6, 6.07) is 12.8. The van der Waals surface area contributed by atoms with Gasteiger partial charge < -0.3 is 14.8 Å². The minimum atomic E-state index is -0.208. The van der Waals surface area contributed by atoms with E-state index in [9.17, 15) is 4.79 Å². The molecule has 0 bridgehead atoms. The SMILES string of the molecule is COc1cc(/C=C\C(=O)Nc2cccc(Br)c2)cc(OC)c1. The average molecular weight is 362 g/mol. The van der Waals surface area contributed by atoms with Gasteiger partial charge in [-0.2, -0.15) is 0 Å². The Hall–Kier alpha value is -2.27. The summed E-state index contributed by atoms with van der Waals surface area (Å²) in [5.41, 5.74) is 1.55. The van der Waals surface area contributed by atoms with Crippen LogP contribution in [0.2, 0.25) is 0 Å². The molecule has 5 heteroatoms. The van der Waals surface area contributed by atoms with Crippen molar-refractivity contribution in [2.45, 2.75) is 0 Å². The molecule has 2 rings (SSSR count). The Kier molecular flexibility index (Phi) is 5.61. The summed E-state index contributed by atoms with van der Waals surface area (Å²) >= 11 is 3.36. The van der Waals surface area contributed by atoms with Crippen LogP contribution in [0.1, 0.15) is 5.56 Å². The number of hydrogen-bond donors (Lipinski definition) is 1. The van der Waals surface area contributed by atoms with Gasteiger partial charge in [0.25, 0.3) is 0 Å². The van der Waals surface area contributed by atoms with E-state index in [1.54, 1.807) is 26.4 Å². The summed E-state index contributed by atoms with van der Waals surface area (Å²) in [7, 11) is 3.17. The molecule has 114 valence electrons. The smallest absolute Gasteiger partial charge is 0.248 e. The Morgan fingerprint density at radius 3 is 2.36 bits per heavy atom. The first kappa shape index (κ1) is 16.1. The number of anilines is 1. The molecule has 0 aliphatic rings. The largest absolute Gasteiger partial charge is 0.497 e. The van der Waals surface area contributed by atoms with E-state index in [1.807, 2.05) is 36.4 Å². The van der Waals surface area contributed by atoms with Crippen LogP contribution in [-0.2, 0) is 4.79 Å². The van der Waals surface area contributed by atoms with Gasteiger partial charge in [-0.1, -0.05) is 22.0 Å². The molecule has 0 saturated carbocycles. The molecule has 4 nitrogen and oxygen atoms in total. The quantitative estimate of drug-likeness (QED) is 0.814. The van der Waals surface area contributed by atoms with Crippen LogP contribution in [-0.4, -0.2) is 20.1 Å². The first-order valence-electron chi connectivity index (χ1n) is 6.58. The van der Waals surface area contributed by atoms with Crippen LogP contribution in [0.25, 0.3) is 6.08 Å². The molecule has 1 amide bonds. The summed E-state index contributed by atoms with van der Waals surface area (Å²) < 4.78 is 11.3. The topological polar surface area (TPSA) is 47.6 Å². The second-order valence-corrected chi connectivity index (χ2v) is 5.39. The first-order valence-corrected chi connectivity index (χ1v) is 7.37. The third-order valence-corrected chi connectivity index (χ3v) is 3.39. The zero-order valence-corrected chi connectivity index (χ0v) is 13.9. The molecule has 0 aliphatic heterocycles. The van der Waals surface area contributed by atoms with Crippen LogP contribution in [0, 0.1) is 0 Å². The van der Waals surface area contributed by atoms with Crippen LogP contribution in [0.5, 0.6) is 11.5 Å². The number of amides is 1. The highest BCUT2D eigenvalue weighted by molar-refractivity contribution is 9.10. The normalized spacial score (nSPS) is 10.5. The van der Waals surface area contributed by atoms with Crippen LogP contribution < -0.4 is 14.8 Å². The predicted octanol–water partition coefficient (Wildman–Crippen LogP) is 4.12. The van der Waals surface area contributed by atoms with Crippen molar-refractivity contribution in [1.29, 1.82) is 0 Å². The Bertz CT molecular complexity index is 676. The fraction of sp³-hybridized carbons (Fsp3) is 0.118. The number of halogens is 1. The summed E-state index contributed by atoms with van der Waals surface area (Å²) in [6.45, 7) is 0. The number of nitrogens with one attached hydrogen (secondary N) is 1. The Morgan fingerprint density at radius 1 is 1.09 bits per heavy atom. The van der Waals surface area contributed by atoms with Crippen LogP contribution in [0.4, 0.5) is 5.69 Å². The van der Waals surface area contributed by atoms with Crippen LogP contribution >= 0.6 is 15.9 Å². The summed E-state index contributed by atoms with van der Waals surface area (Å²) in [5.74, 6) is 1.14. The Morgan fingerprint density at radius 2 is 1.77 bits per heavy atom. The van der Waals surface area contributed by atoms with Crippen molar-refractivity contribution in [2.75, 3.05) is 19.5 Å². The summed E-state index contributed by atoms with van der Waals surface area (Å²) in [6.07, 6.45) is 3.17. The minimum absolute atomic E-state index is 0.208. The fourth-order valence-electron chi connectivity index (χ4n) is 1.85. The van der Waals surface area contributed by atoms with Crippen LogP contribution in [0.3, 0.4) is 0 Å². The second kappa shape index (κ2) is 7.66. The number of carbonyl (C=O) groups excluding carboxylic acids is 1. The molecule has 1 N–H and O–H groups in total. The van der Waals surface area contributed by atoms with Gasteiger partial charge in [-0.15, -0.1) is 0 Å². The molecule has 2 aromatic rings. The number of benzene rings is 2. The standard InChI is InChI=1S/C17H16BrNO3/c1-21-15-8-12(9-16(11-15)22-2)6-7-17(20)19-14-5-3-4-13(18)10-14/h3-11H,1-2H3,(H,19,20)/b7-6-. The highest BCUT2D eigenvalue weighted by Crippen LogP contribution is 2.23. The molecule has 0 saturated heterocycles. The van der Waals surface area contributed by atoms with E-state index in [0.29, 0.717) is 11.5 Å². The first-order chi connectivity index (χ1) is 10.6. The predicted molar refractivity (Wildman–Crippen MR) is 91.4 cm³/mol. The number of hydrogen-bond acceptors (Lipinski definition) is 3. The molecule has 0 radical (unpaired) electrons. The third kappa shape index (κ3) is 4.63. The van der Waals surface area contributed by atoms with E-state index < -0.39 is 0 Å². The summed E-state index contributed by atoms with van der Waals surface area (Å²) in [5, 5.41) is 2.79. The van der Waals surface area contributed by atoms with Gasteiger partial charge in [0.1, 0.15) is 11.5 Å². The maximum atomic E-state index is 11.9. The van der Waals surface area contributed by atoms with Gasteiger partial charge in [-0.05, 0) is 42.0 Å². The maximum Gasteiger partial charge on any atom is 0.248 e. The van der Waals surface area contributed by atoms with Crippen molar-refractivity contribution in [3.8, 4) is 11.5 Å². The average Bonchev–Trinajstić information content (AvgIpc) is 2.52. The highest BCUT2D eigenvalue weighted by Gasteiger charge is 2.01. The maximum absolute atomic E-state index is 11.9. The number of rotatable bonds is 5. The lowest BCUT2D eigenvalue weighted by Gasteiger charge is -2.06. The lowest BCUT2D eigenvalue weighted by atomic mass is 10.2. The molecule has 22 heavy (non-hydrogen) atoms. The molecule has 0 aromatic heterocycles. The van der Waals surface area contributed by atoms with E-state index in [1.165, 1.54) is 6.08 Å². The van der Waals surface area contributed by atoms with Crippen molar-refractivity contribution in [3.63, 3.8) is 0 Å². The minimum Gasteiger partial charge on any atom is -0.497 e. The number of ether oxygens (including phenoxy) is 2. The summed E-state index contributed by atoms with van der Waals surface area (Å²) in [4.78, 5) is 11.9. The van der Waals surface area contributed by atoms with Crippen molar-refractivity contribution < 1.29 is 14.3 Å². The van der Waals surface area contributed by atoms with Gasteiger partial charge in [0.2, 0.25) is 5.91 Å². The Balaban J connectivity index is 2.09. The monoisotopic (exact) mass is 361 g/mol. The van der Waals surface area contributed by atoms with E-state index in [0.717, 1.165) is 15.7 Å². The zero-order valence-electron chi connectivity index (χ0n) is 12.3. The van der Waals surface area contributed by atoms with Gasteiger partial charge in [0.15, 0.2) is 0 Å². The molecule has 2 aromatic carbocycles. The lowest BCUT2D eigenvalue weighted by Crippen LogP contribution is -2.07.